The molecule has 0 bridgehead atoms. The third-order valence-electron chi connectivity index (χ3n) is 8.88. The van der Waals surface area contributed by atoms with Crippen LogP contribution in [-0.4, -0.2) is 45.1 Å². The lowest BCUT2D eigenvalue weighted by Crippen LogP contribution is -2.55. The molecule has 6 atom stereocenters. The van der Waals surface area contributed by atoms with Crippen LogP contribution in [0.4, 0.5) is 0 Å². The number of carbonyl (C=O) groups excluding carboxylic acids is 1. The van der Waals surface area contributed by atoms with Crippen LogP contribution in [0.1, 0.15) is 71.8 Å². The molecule has 0 aliphatic heterocycles. The molecule has 7 heteroatoms. The van der Waals surface area contributed by atoms with Crippen molar-refractivity contribution >= 4 is 18.0 Å². The van der Waals surface area contributed by atoms with Gasteiger partial charge in [0.25, 0.3) is 0 Å². The van der Waals surface area contributed by atoms with E-state index in [1.165, 1.54) is 24.3 Å². The zero-order valence-electron chi connectivity index (χ0n) is 21.7. The first-order valence-electron chi connectivity index (χ1n) is 12.8. The molecule has 1 fully saturated rings. The molecule has 0 spiro atoms. The lowest BCUT2D eigenvalue weighted by atomic mass is 9.46. The molecule has 2 aliphatic carbocycles. The zero-order chi connectivity index (χ0) is 26.7. The van der Waals surface area contributed by atoms with Crippen molar-refractivity contribution in [2.45, 2.75) is 72.3 Å². The van der Waals surface area contributed by atoms with Gasteiger partial charge in [0.15, 0.2) is 11.5 Å². The van der Waals surface area contributed by atoms with Gasteiger partial charge in [-0.2, -0.15) is 0 Å². The predicted octanol–water partition coefficient (Wildman–Crippen LogP) is 5.29. The Morgan fingerprint density at radius 3 is 2.61 bits per heavy atom. The summed E-state index contributed by atoms with van der Waals surface area (Å²) < 4.78 is 5.59. The average Bonchev–Trinajstić information content (AvgIpc) is 2.80. The van der Waals surface area contributed by atoms with Gasteiger partial charge < -0.3 is 25.2 Å². The maximum Gasteiger partial charge on any atom is 0.331 e. The van der Waals surface area contributed by atoms with Crippen LogP contribution in [0.5, 0.6) is 11.5 Å². The summed E-state index contributed by atoms with van der Waals surface area (Å²) in [4.78, 5) is 23.6. The Morgan fingerprint density at radius 2 is 1.94 bits per heavy atom. The number of rotatable bonds is 9. The van der Waals surface area contributed by atoms with Crippen molar-refractivity contribution in [1.29, 1.82) is 0 Å². The maximum absolute atomic E-state index is 12.4. The Labute approximate surface area is 213 Å². The van der Waals surface area contributed by atoms with E-state index in [9.17, 15) is 24.9 Å². The van der Waals surface area contributed by atoms with Crippen molar-refractivity contribution in [3.8, 4) is 11.5 Å². The largest absolute Gasteiger partial charge is 0.504 e. The molecule has 36 heavy (non-hydrogen) atoms. The predicted molar refractivity (Wildman–Crippen MR) is 137 cm³/mol. The summed E-state index contributed by atoms with van der Waals surface area (Å²) in [6.07, 6.45) is 8.69. The van der Waals surface area contributed by atoms with Crippen LogP contribution in [-0.2, 0) is 14.3 Å². The standard InChI is InChI=1S/C29H40O7/c1-18(14-26(33)34)12-13-28(3)19(2)24(32)16-29(4)21(6-5-7-25(28)29)17-36-27(35)11-9-20-8-10-22(30)23(31)15-20/h6,8-11,15,18-19,24-25,30-32H,5,7,12-14,16-17H2,1-4H3,(H,33,34)/t18-,19+,24+,25+,28-,29-/m0/s1. The Bertz CT molecular complexity index is 1030. The highest BCUT2D eigenvalue weighted by Crippen LogP contribution is 2.62. The van der Waals surface area contributed by atoms with E-state index in [-0.39, 0.29) is 53.1 Å². The van der Waals surface area contributed by atoms with E-state index in [0.717, 1.165) is 31.3 Å². The third kappa shape index (κ3) is 5.94. The Balaban J connectivity index is 1.71. The molecular weight excluding hydrogens is 460 g/mol. The van der Waals surface area contributed by atoms with Crippen molar-refractivity contribution in [1.82, 2.24) is 0 Å². The third-order valence-corrected chi connectivity index (χ3v) is 8.88. The molecule has 0 unspecified atom stereocenters. The lowest BCUT2D eigenvalue weighted by Gasteiger charge is -2.60. The van der Waals surface area contributed by atoms with Gasteiger partial charge >= 0.3 is 11.9 Å². The van der Waals surface area contributed by atoms with Gasteiger partial charge in [-0.15, -0.1) is 0 Å². The fourth-order valence-corrected chi connectivity index (χ4v) is 6.49. The summed E-state index contributed by atoms with van der Waals surface area (Å²) >= 11 is 0. The highest BCUT2D eigenvalue weighted by atomic mass is 16.5. The molecule has 0 amide bonds. The number of aliphatic hydroxyl groups is 1. The number of benzene rings is 1. The molecule has 2 aliphatic rings. The first-order valence-corrected chi connectivity index (χ1v) is 12.8. The van der Waals surface area contributed by atoms with E-state index >= 15 is 0 Å². The van der Waals surface area contributed by atoms with E-state index < -0.39 is 18.0 Å². The summed E-state index contributed by atoms with van der Waals surface area (Å²) in [6.45, 7) is 8.62. The number of phenolic OH excluding ortho intramolecular Hbond substituents is 2. The number of hydrogen-bond donors (Lipinski definition) is 4. The van der Waals surface area contributed by atoms with Gasteiger partial charge in [-0.3, -0.25) is 4.79 Å². The summed E-state index contributed by atoms with van der Waals surface area (Å²) in [6, 6.07) is 4.29. The summed E-state index contributed by atoms with van der Waals surface area (Å²) in [5.74, 6) is -1.34. The van der Waals surface area contributed by atoms with E-state index in [1.807, 2.05) is 6.92 Å². The van der Waals surface area contributed by atoms with Gasteiger partial charge in [0.1, 0.15) is 6.61 Å². The van der Waals surface area contributed by atoms with Crippen molar-refractivity contribution in [2.75, 3.05) is 6.61 Å². The van der Waals surface area contributed by atoms with Crippen molar-refractivity contribution < 1.29 is 34.8 Å². The normalized spacial score (nSPS) is 30.9. The van der Waals surface area contributed by atoms with Gasteiger partial charge in [0.05, 0.1) is 6.10 Å². The first-order chi connectivity index (χ1) is 16.9. The number of ether oxygens (including phenoxy) is 1. The van der Waals surface area contributed by atoms with Crippen LogP contribution >= 0.6 is 0 Å². The number of esters is 1. The Hall–Kier alpha value is -2.80. The SMILES string of the molecule is C[C@@H](CC[C@@]1(C)[C@H](C)[C@H](O)C[C@@]2(C)C(COC(=O)C=Cc3ccc(O)c(O)c3)=CCC[C@H]12)CC(=O)O. The molecule has 0 heterocycles. The van der Waals surface area contributed by atoms with Gasteiger partial charge in [0.2, 0.25) is 0 Å². The van der Waals surface area contributed by atoms with E-state index in [4.69, 9.17) is 9.84 Å². The second-order valence-corrected chi connectivity index (χ2v) is 11.3. The number of phenols is 2. The smallest absolute Gasteiger partial charge is 0.331 e. The second-order valence-electron chi connectivity index (χ2n) is 11.3. The number of fused-ring (bicyclic) bond motifs is 1. The van der Waals surface area contributed by atoms with Crippen LogP contribution in [0.3, 0.4) is 0 Å². The topological polar surface area (TPSA) is 124 Å². The number of carbonyl (C=O) groups is 2. The molecule has 198 valence electrons. The molecule has 0 saturated heterocycles. The number of hydrogen-bond acceptors (Lipinski definition) is 6. The van der Waals surface area contributed by atoms with Crippen LogP contribution in [0, 0.1) is 28.6 Å². The van der Waals surface area contributed by atoms with Crippen LogP contribution in [0.2, 0.25) is 0 Å². The van der Waals surface area contributed by atoms with Gasteiger partial charge in [-0.25, -0.2) is 4.79 Å². The highest BCUT2D eigenvalue weighted by Gasteiger charge is 2.56. The van der Waals surface area contributed by atoms with Crippen LogP contribution in [0.15, 0.2) is 35.9 Å². The molecular formula is C29H40O7. The zero-order valence-corrected chi connectivity index (χ0v) is 21.7. The molecule has 0 radical (unpaired) electrons. The minimum Gasteiger partial charge on any atom is -0.504 e. The van der Waals surface area contributed by atoms with E-state index in [1.54, 1.807) is 6.07 Å². The minimum atomic E-state index is -0.782. The van der Waals surface area contributed by atoms with Gasteiger partial charge in [-0.05, 0) is 90.0 Å². The molecule has 1 aromatic rings. The van der Waals surface area contributed by atoms with E-state index in [0.29, 0.717) is 12.0 Å². The lowest BCUT2D eigenvalue weighted by molar-refractivity contribution is -0.141. The second kappa shape index (κ2) is 11.1. The fraction of sp³-hybridized carbons (Fsp3) is 0.586. The summed E-state index contributed by atoms with van der Waals surface area (Å²) in [5.41, 5.74) is 1.10. The number of aliphatic hydroxyl groups excluding tert-OH is 1. The molecule has 3 rings (SSSR count). The number of aliphatic carboxylic acids is 1. The summed E-state index contributed by atoms with van der Waals surface area (Å²) in [7, 11) is 0. The minimum absolute atomic E-state index is 0.0682. The molecule has 4 N–H and O–H groups in total. The number of carboxylic acids is 1. The van der Waals surface area contributed by atoms with Crippen LogP contribution < -0.4 is 0 Å². The summed E-state index contributed by atoms with van der Waals surface area (Å²) in [5, 5.41) is 39.3. The monoisotopic (exact) mass is 500 g/mol. The molecule has 1 aromatic carbocycles. The molecule has 1 saturated carbocycles. The molecule has 7 nitrogen and oxygen atoms in total. The highest BCUT2D eigenvalue weighted by molar-refractivity contribution is 5.87. The van der Waals surface area contributed by atoms with Crippen molar-refractivity contribution in [3.05, 3.63) is 41.5 Å². The fourth-order valence-electron chi connectivity index (χ4n) is 6.49. The van der Waals surface area contributed by atoms with Crippen molar-refractivity contribution in [3.63, 3.8) is 0 Å². The van der Waals surface area contributed by atoms with Crippen molar-refractivity contribution in [2.24, 2.45) is 28.6 Å². The first kappa shape index (κ1) is 27.8. The van der Waals surface area contributed by atoms with Gasteiger partial charge in [-0.1, -0.05) is 39.8 Å². The Kier molecular flexibility index (Phi) is 8.55. The van der Waals surface area contributed by atoms with E-state index in [2.05, 4.69) is 26.8 Å². The Morgan fingerprint density at radius 1 is 1.22 bits per heavy atom. The van der Waals surface area contributed by atoms with Crippen LogP contribution in [0.25, 0.3) is 6.08 Å². The van der Waals surface area contributed by atoms with Gasteiger partial charge in [0, 0.05) is 12.5 Å². The average molecular weight is 501 g/mol. The maximum atomic E-state index is 12.4. The molecule has 0 aromatic heterocycles. The number of aromatic hydroxyl groups is 2. The number of allylic oxidation sites excluding steroid dienone is 1. The quantitative estimate of drug-likeness (QED) is 0.157. The number of carboxylic acid groups (broad SMARTS) is 1.